The largest absolute Gasteiger partial charge is 0.303 e. The lowest BCUT2D eigenvalue weighted by Crippen LogP contribution is -2.51. The molecule has 1 aromatic rings. The summed E-state index contributed by atoms with van der Waals surface area (Å²) >= 11 is 5.79. The molecule has 1 heterocycles. The molecule has 1 spiro atoms. The van der Waals surface area contributed by atoms with Gasteiger partial charge < -0.3 is 4.90 Å². The van der Waals surface area contributed by atoms with Crippen molar-refractivity contribution in [3.8, 4) is 0 Å². The van der Waals surface area contributed by atoms with E-state index in [0.717, 1.165) is 49.3 Å². The van der Waals surface area contributed by atoms with Crippen molar-refractivity contribution in [3.05, 3.63) is 30.3 Å². The van der Waals surface area contributed by atoms with E-state index in [1.165, 1.54) is 6.42 Å². The Bertz CT molecular complexity index is 618. The van der Waals surface area contributed by atoms with E-state index in [0.29, 0.717) is 0 Å². The summed E-state index contributed by atoms with van der Waals surface area (Å²) in [6.07, 6.45) is 7.43. The predicted octanol–water partition coefficient (Wildman–Crippen LogP) is 4.90. The van der Waals surface area contributed by atoms with Crippen LogP contribution in [0.4, 0.5) is 5.69 Å². The second-order valence-corrected chi connectivity index (χ2v) is 7.55. The number of hydrogen-bond acceptors (Lipinski definition) is 2. The van der Waals surface area contributed by atoms with E-state index in [9.17, 15) is 4.79 Å². The van der Waals surface area contributed by atoms with E-state index in [2.05, 4.69) is 24.0 Å². The van der Waals surface area contributed by atoms with Gasteiger partial charge in [-0.2, -0.15) is 0 Å². The van der Waals surface area contributed by atoms with Crippen molar-refractivity contribution < 1.29 is 4.79 Å². The third kappa shape index (κ3) is 2.55. The summed E-state index contributed by atoms with van der Waals surface area (Å²) in [6.45, 7) is 6.17. The SMILES string of the molecule is CC.CC1(N2C(=O)C3(CCCCC3)N(c3ccccc3)C2=S)CC1. The highest BCUT2D eigenvalue weighted by atomic mass is 32.1. The van der Waals surface area contributed by atoms with Gasteiger partial charge in [-0.05, 0) is 57.0 Å². The molecular weight excluding hydrogens is 316 g/mol. The highest BCUT2D eigenvalue weighted by Crippen LogP contribution is 2.50. The van der Waals surface area contributed by atoms with E-state index in [1.807, 2.05) is 36.9 Å². The highest BCUT2D eigenvalue weighted by Gasteiger charge is 2.62. The van der Waals surface area contributed by atoms with Crippen molar-refractivity contribution in [3.63, 3.8) is 0 Å². The summed E-state index contributed by atoms with van der Waals surface area (Å²) in [4.78, 5) is 17.5. The summed E-state index contributed by atoms with van der Waals surface area (Å²) in [5.41, 5.74) is 0.597. The molecule has 0 radical (unpaired) electrons. The van der Waals surface area contributed by atoms with Crippen LogP contribution in [0, 0.1) is 0 Å². The van der Waals surface area contributed by atoms with E-state index in [-0.39, 0.29) is 11.4 Å². The molecular formula is C20H28N2OS. The van der Waals surface area contributed by atoms with Crippen LogP contribution in [0.25, 0.3) is 0 Å². The van der Waals surface area contributed by atoms with Gasteiger partial charge in [0.15, 0.2) is 5.11 Å². The fourth-order valence-corrected chi connectivity index (χ4v) is 4.65. The molecule has 2 saturated carbocycles. The molecule has 24 heavy (non-hydrogen) atoms. The Morgan fingerprint density at radius 3 is 2.04 bits per heavy atom. The van der Waals surface area contributed by atoms with Crippen LogP contribution in [0.1, 0.15) is 65.7 Å². The first-order valence-corrected chi connectivity index (χ1v) is 9.73. The van der Waals surface area contributed by atoms with Crippen LogP contribution in [-0.2, 0) is 4.79 Å². The molecule has 130 valence electrons. The third-order valence-electron chi connectivity index (χ3n) is 5.62. The van der Waals surface area contributed by atoms with E-state index in [4.69, 9.17) is 12.2 Å². The standard InChI is InChI=1S/C18H22N2OS.C2H6/c1-17(12-13-17)20-15(21)18(10-6-3-7-11-18)19(16(20)22)14-8-4-2-5-9-14;1-2/h2,4-5,8-9H,3,6-7,10-13H2,1H3;1-2H3. The zero-order valence-electron chi connectivity index (χ0n) is 15.0. The number of carbonyl (C=O) groups is 1. The summed E-state index contributed by atoms with van der Waals surface area (Å²) < 4.78 is 0. The van der Waals surface area contributed by atoms with Gasteiger partial charge in [0.2, 0.25) is 0 Å². The monoisotopic (exact) mass is 344 g/mol. The lowest BCUT2D eigenvalue weighted by atomic mass is 9.80. The minimum Gasteiger partial charge on any atom is -0.303 e. The molecule has 0 bridgehead atoms. The van der Waals surface area contributed by atoms with Gasteiger partial charge in [-0.15, -0.1) is 0 Å². The van der Waals surface area contributed by atoms with Crippen molar-refractivity contribution in [2.45, 2.75) is 76.8 Å². The number of amides is 1. The number of para-hydroxylation sites is 1. The Hall–Kier alpha value is -1.42. The molecule has 0 aromatic heterocycles. The molecule has 1 aliphatic heterocycles. The number of anilines is 1. The molecule has 4 heteroatoms. The first kappa shape index (κ1) is 17.4. The predicted molar refractivity (Wildman–Crippen MR) is 103 cm³/mol. The smallest absolute Gasteiger partial charge is 0.255 e. The minimum absolute atomic E-state index is 0.0395. The molecule has 0 unspecified atom stereocenters. The lowest BCUT2D eigenvalue weighted by molar-refractivity contribution is -0.133. The number of nitrogens with zero attached hydrogens (tertiary/aromatic N) is 2. The fraction of sp³-hybridized carbons (Fsp3) is 0.600. The summed E-state index contributed by atoms with van der Waals surface area (Å²) in [6, 6.07) is 10.2. The topological polar surface area (TPSA) is 23.6 Å². The van der Waals surface area contributed by atoms with Crippen LogP contribution in [0.2, 0.25) is 0 Å². The van der Waals surface area contributed by atoms with Crippen LogP contribution in [0.5, 0.6) is 0 Å². The molecule has 2 aliphatic carbocycles. The fourth-order valence-electron chi connectivity index (χ4n) is 4.06. The molecule has 1 amide bonds. The molecule has 3 aliphatic rings. The Morgan fingerprint density at radius 1 is 0.917 bits per heavy atom. The molecule has 3 fully saturated rings. The first-order chi connectivity index (χ1) is 11.6. The molecule has 1 aromatic carbocycles. The highest BCUT2D eigenvalue weighted by molar-refractivity contribution is 7.80. The molecule has 3 nitrogen and oxygen atoms in total. The maximum absolute atomic E-state index is 13.4. The molecule has 1 saturated heterocycles. The Kier molecular flexibility index (Phi) is 4.69. The van der Waals surface area contributed by atoms with Crippen molar-refractivity contribution >= 4 is 28.9 Å². The quantitative estimate of drug-likeness (QED) is 0.713. The number of thiocarbonyl (C=S) groups is 1. The Labute approximate surface area is 151 Å². The van der Waals surface area contributed by atoms with Crippen LogP contribution < -0.4 is 4.90 Å². The number of benzene rings is 1. The number of carbonyl (C=O) groups excluding carboxylic acids is 1. The molecule has 4 rings (SSSR count). The average Bonchev–Trinajstić information content (AvgIpc) is 3.32. The second-order valence-electron chi connectivity index (χ2n) is 7.18. The number of rotatable bonds is 2. The van der Waals surface area contributed by atoms with Gasteiger partial charge in [0.05, 0.1) is 0 Å². The number of hydrogen-bond donors (Lipinski definition) is 0. The summed E-state index contributed by atoms with van der Waals surface area (Å²) in [5.74, 6) is 0.251. The van der Waals surface area contributed by atoms with Crippen LogP contribution in [0.3, 0.4) is 0 Å². The minimum atomic E-state index is -0.428. The van der Waals surface area contributed by atoms with Crippen molar-refractivity contribution in [2.24, 2.45) is 0 Å². The normalized spacial score (nSPS) is 24.0. The first-order valence-electron chi connectivity index (χ1n) is 9.32. The van der Waals surface area contributed by atoms with Crippen molar-refractivity contribution in [2.75, 3.05) is 4.90 Å². The summed E-state index contributed by atoms with van der Waals surface area (Å²) in [5, 5.41) is 0.720. The van der Waals surface area contributed by atoms with Gasteiger partial charge in [0, 0.05) is 11.2 Å². The van der Waals surface area contributed by atoms with Crippen LogP contribution >= 0.6 is 12.2 Å². The lowest BCUT2D eigenvalue weighted by Gasteiger charge is -2.39. The molecule has 0 atom stereocenters. The maximum Gasteiger partial charge on any atom is 0.255 e. The van der Waals surface area contributed by atoms with Gasteiger partial charge in [-0.25, -0.2) is 0 Å². The Balaban J connectivity index is 0.000000815. The van der Waals surface area contributed by atoms with Gasteiger partial charge >= 0.3 is 0 Å². The van der Waals surface area contributed by atoms with E-state index >= 15 is 0 Å². The summed E-state index contributed by atoms with van der Waals surface area (Å²) in [7, 11) is 0. The second kappa shape index (κ2) is 6.47. The van der Waals surface area contributed by atoms with Crippen LogP contribution in [-0.4, -0.2) is 27.0 Å². The van der Waals surface area contributed by atoms with E-state index < -0.39 is 5.54 Å². The third-order valence-corrected chi connectivity index (χ3v) is 5.99. The zero-order chi connectivity index (χ0) is 17.4. The van der Waals surface area contributed by atoms with Crippen molar-refractivity contribution in [1.29, 1.82) is 0 Å². The van der Waals surface area contributed by atoms with Gasteiger partial charge in [-0.3, -0.25) is 9.69 Å². The molecule has 0 N–H and O–H groups in total. The van der Waals surface area contributed by atoms with Gasteiger partial charge in [0.1, 0.15) is 5.54 Å². The zero-order valence-corrected chi connectivity index (χ0v) is 15.9. The Morgan fingerprint density at radius 2 is 1.50 bits per heavy atom. The van der Waals surface area contributed by atoms with E-state index in [1.54, 1.807) is 0 Å². The van der Waals surface area contributed by atoms with Gasteiger partial charge in [-0.1, -0.05) is 51.3 Å². The maximum atomic E-state index is 13.4. The van der Waals surface area contributed by atoms with Gasteiger partial charge in [0.25, 0.3) is 5.91 Å². The average molecular weight is 345 g/mol. The van der Waals surface area contributed by atoms with Crippen LogP contribution in [0.15, 0.2) is 30.3 Å². The van der Waals surface area contributed by atoms with Crippen molar-refractivity contribution in [1.82, 2.24) is 4.90 Å².